The van der Waals surface area contributed by atoms with E-state index < -0.39 is 22.1 Å². The highest BCUT2D eigenvalue weighted by atomic mass is 35.5. The van der Waals surface area contributed by atoms with Crippen LogP contribution in [0.3, 0.4) is 0 Å². The van der Waals surface area contributed by atoms with Crippen LogP contribution in [-0.2, 0) is 16.4 Å². The van der Waals surface area contributed by atoms with Crippen molar-refractivity contribution in [1.82, 2.24) is 19.6 Å². The van der Waals surface area contributed by atoms with E-state index in [2.05, 4.69) is 10.3 Å². The van der Waals surface area contributed by atoms with Gasteiger partial charge in [0.25, 0.3) is 10.0 Å². The van der Waals surface area contributed by atoms with Gasteiger partial charge in [0.05, 0.1) is 22.7 Å². The molecule has 1 atom stereocenters. The number of amides is 2. The average molecular weight is 559 g/mol. The number of aromatic nitrogens is 2. The van der Waals surface area contributed by atoms with Crippen LogP contribution in [0.1, 0.15) is 24.4 Å². The molecule has 1 heterocycles. The van der Waals surface area contributed by atoms with Gasteiger partial charge in [-0.25, -0.2) is 22.9 Å². The van der Waals surface area contributed by atoms with Gasteiger partial charge >= 0.3 is 6.03 Å². The molecule has 0 aliphatic carbocycles. The van der Waals surface area contributed by atoms with E-state index in [9.17, 15) is 13.2 Å². The summed E-state index contributed by atoms with van der Waals surface area (Å²) >= 11 is 12.0. The van der Waals surface area contributed by atoms with Crippen molar-refractivity contribution >= 4 is 39.3 Å². The number of rotatable bonds is 9. The van der Waals surface area contributed by atoms with Crippen LogP contribution in [0.15, 0.2) is 90.1 Å². The molecule has 1 unspecified atom stereocenters. The molecule has 0 bridgehead atoms. The van der Waals surface area contributed by atoms with Crippen LogP contribution in [0.2, 0.25) is 10.0 Å². The summed E-state index contributed by atoms with van der Waals surface area (Å²) in [5.74, 6) is 1.25. The molecule has 37 heavy (non-hydrogen) atoms. The van der Waals surface area contributed by atoms with Crippen molar-refractivity contribution in [2.45, 2.75) is 24.3 Å². The molecule has 11 heteroatoms. The van der Waals surface area contributed by atoms with E-state index in [1.165, 1.54) is 18.2 Å². The molecule has 0 aliphatic heterocycles. The molecule has 0 spiro atoms. The van der Waals surface area contributed by atoms with Gasteiger partial charge in [0.15, 0.2) is 0 Å². The summed E-state index contributed by atoms with van der Waals surface area (Å²) < 4.78 is 35.1. The molecule has 2 N–H and O–H groups in total. The van der Waals surface area contributed by atoms with Crippen LogP contribution in [0.4, 0.5) is 4.79 Å². The molecule has 8 nitrogen and oxygen atoms in total. The number of nitrogens with one attached hydrogen (secondary N) is 2. The summed E-state index contributed by atoms with van der Waals surface area (Å²) in [4.78, 5) is 17.1. The number of hydrogen-bond donors (Lipinski definition) is 2. The van der Waals surface area contributed by atoms with Crippen LogP contribution < -0.4 is 14.8 Å². The maximum atomic E-state index is 13.0. The first kappa shape index (κ1) is 26.5. The fraction of sp³-hybridized carbons (Fsp3) is 0.154. The molecule has 1 aromatic heterocycles. The van der Waals surface area contributed by atoms with Gasteiger partial charge in [-0.2, -0.15) is 0 Å². The van der Waals surface area contributed by atoms with Crippen molar-refractivity contribution in [3.05, 3.63) is 107 Å². The Hall–Kier alpha value is -3.53. The Labute approximate surface area is 225 Å². The highest BCUT2D eigenvalue weighted by molar-refractivity contribution is 7.90. The van der Waals surface area contributed by atoms with Gasteiger partial charge in [-0.15, -0.1) is 0 Å². The van der Waals surface area contributed by atoms with E-state index in [0.717, 1.165) is 17.0 Å². The van der Waals surface area contributed by atoms with Gasteiger partial charge < -0.3 is 14.6 Å². The van der Waals surface area contributed by atoms with E-state index in [4.69, 9.17) is 27.9 Å². The lowest BCUT2D eigenvalue weighted by Gasteiger charge is -2.21. The number of nitrogens with zero attached hydrogens (tertiary/aromatic N) is 2. The first-order chi connectivity index (χ1) is 17.8. The molecule has 4 aromatic rings. The molecule has 192 valence electrons. The van der Waals surface area contributed by atoms with Gasteiger partial charge in [-0.1, -0.05) is 59.6 Å². The first-order valence-electron chi connectivity index (χ1n) is 11.4. The molecule has 0 saturated heterocycles. The number of ether oxygens (including phenoxy) is 1. The summed E-state index contributed by atoms with van der Waals surface area (Å²) in [6.45, 7) is 2.46. The third-order valence-electron chi connectivity index (χ3n) is 5.43. The zero-order valence-electron chi connectivity index (χ0n) is 19.8. The lowest BCUT2D eigenvalue weighted by molar-refractivity contribution is 0.241. The standard InChI is InChI=1S/C26H24Cl2N4O4S/c1-2-36-20-13-11-19(12-14-20)32-16-15-29-25(32)22(17-18-7-4-3-5-8-18)30-26(33)31-37(34,35)23-10-6-9-21(27)24(23)28/h3-16,22H,2,17H2,1H3,(H2,30,31,33). The summed E-state index contributed by atoms with van der Waals surface area (Å²) in [6, 6.07) is 19.5. The third kappa shape index (κ3) is 6.43. The Morgan fingerprint density at radius 2 is 1.76 bits per heavy atom. The largest absolute Gasteiger partial charge is 0.494 e. The molecule has 2 amide bonds. The number of carbonyl (C=O) groups excluding carboxylic acids is 1. The second-order valence-corrected chi connectivity index (χ2v) is 10.4. The summed E-state index contributed by atoms with van der Waals surface area (Å²) in [5.41, 5.74) is 1.73. The minimum absolute atomic E-state index is 0.0595. The predicted octanol–water partition coefficient (Wildman–Crippen LogP) is 5.55. The fourth-order valence-corrected chi connectivity index (χ4v) is 5.45. The second-order valence-electron chi connectivity index (χ2n) is 7.96. The molecule has 3 aromatic carbocycles. The van der Waals surface area contributed by atoms with E-state index in [1.54, 1.807) is 12.4 Å². The molecule has 0 aliphatic rings. The number of sulfonamides is 1. The molecule has 4 rings (SSSR count). The highest BCUT2D eigenvalue weighted by Crippen LogP contribution is 2.29. The lowest BCUT2D eigenvalue weighted by Crippen LogP contribution is -2.42. The van der Waals surface area contributed by atoms with E-state index in [1.807, 2.05) is 70.8 Å². The smallest absolute Gasteiger partial charge is 0.329 e. The third-order valence-corrected chi connectivity index (χ3v) is 7.73. The van der Waals surface area contributed by atoms with Gasteiger partial charge in [0.2, 0.25) is 0 Å². The van der Waals surface area contributed by atoms with Crippen LogP contribution in [0.5, 0.6) is 5.75 Å². The van der Waals surface area contributed by atoms with Crippen LogP contribution >= 0.6 is 23.2 Å². The topological polar surface area (TPSA) is 102 Å². The Bertz CT molecular complexity index is 1480. The van der Waals surface area contributed by atoms with Crippen molar-refractivity contribution in [3.8, 4) is 11.4 Å². The maximum Gasteiger partial charge on any atom is 0.329 e. The van der Waals surface area contributed by atoms with E-state index in [-0.39, 0.29) is 14.9 Å². The highest BCUT2D eigenvalue weighted by Gasteiger charge is 2.26. The summed E-state index contributed by atoms with van der Waals surface area (Å²) in [5, 5.41) is 2.65. The molecular formula is C26H24Cl2N4O4S. The summed E-state index contributed by atoms with van der Waals surface area (Å²) in [6.07, 6.45) is 3.75. The maximum absolute atomic E-state index is 13.0. The second kappa shape index (κ2) is 11.7. The van der Waals surface area contributed by atoms with Crippen molar-refractivity contribution in [2.24, 2.45) is 0 Å². The number of imidazole rings is 1. The van der Waals surface area contributed by atoms with Crippen molar-refractivity contribution in [1.29, 1.82) is 0 Å². The number of urea groups is 1. The Balaban J connectivity index is 1.62. The lowest BCUT2D eigenvalue weighted by atomic mass is 10.1. The minimum Gasteiger partial charge on any atom is -0.494 e. The normalized spacial score (nSPS) is 12.1. The summed E-state index contributed by atoms with van der Waals surface area (Å²) in [7, 11) is -4.29. The zero-order valence-corrected chi connectivity index (χ0v) is 22.1. The number of hydrogen-bond acceptors (Lipinski definition) is 5. The Kier molecular flexibility index (Phi) is 8.38. The molecule has 0 saturated carbocycles. The van der Waals surface area contributed by atoms with Crippen molar-refractivity contribution < 1.29 is 17.9 Å². The van der Waals surface area contributed by atoms with E-state index >= 15 is 0 Å². The first-order valence-corrected chi connectivity index (χ1v) is 13.6. The SMILES string of the molecule is CCOc1ccc(-n2ccnc2C(Cc2ccccc2)NC(=O)NS(=O)(=O)c2cccc(Cl)c2Cl)cc1. The fourth-order valence-electron chi connectivity index (χ4n) is 3.77. The molecule has 0 radical (unpaired) electrons. The predicted molar refractivity (Wildman–Crippen MR) is 143 cm³/mol. The van der Waals surface area contributed by atoms with Gasteiger partial charge in [-0.3, -0.25) is 0 Å². The van der Waals surface area contributed by atoms with E-state index in [0.29, 0.717) is 18.9 Å². The van der Waals surface area contributed by atoms with Crippen LogP contribution in [0.25, 0.3) is 5.69 Å². The number of carbonyl (C=O) groups is 1. The molecular weight excluding hydrogens is 535 g/mol. The quantitative estimate of drug-likeness (QED) is 0.280. The Morgan fingerprint density at radius 3 is 2.46 bits per heavy atom. The number of halogens is 2. The van der Waals surface area contributed by atoms with Gasteiger partial charge in [-0.05, 0) is 55.3 Å². The zero-order chi connectivity index (χ0) is 26.4. The van der Waals surface area contributed by atoms with Crippen LogP contribution in [-0.4, -0.2) is 30.6 Å². The minimum atomic E-state index is -4.29. The Morgan fingerprint density at radius 1 is 1.03 bits per heavy atom. The molecule has 0 fully saturated rings. The van der Waals surface area contributed by atoms with Crippen molar-refractivity contribution in [3.63, 3.8) is 0 Å². The van der Waals surface area contributed by atoms with Gasteiger partial charge in [0, 0.05) is 18.1 Å². The van der Waals surface area contributed by atoms with Crippen molar-refractivity contribution in [2.75, 3.05) is 6.61 Å². The number of benzene rings is 3. The van der Waals surface area contributed by atoms with Gasteiger partial charge in [0.1, 0.15) is 16.5 Å². The monoisotopic (exact) mass is 558 g/mol. The average Bonchev–Trinajstić information content (AvgIpc) is 3.36. The van der Waals surface area contributed by atoms with Crippen LogP contribution in [0, 0.1) is 0 Å².